The van der Waals surface area contributed by atoms with Crippen LogP contribution in [0.5, 0.6) is 5.75 Å². The van der Waals surface area contributed by atoms with Crippen LogP contribution < -0.4 is 10.5 Å². The number of benzene rings is 1. The third kappa shape index (κ3) is 3.29. The van der Waals surface area contributed by atoms with Gasteiger partial charge < -0.3 is 20.4 Å². The molecule has 1 saturated heterocycles. The van der Waals surface area contributed by atoms with Gasteiger partial charge in [0.2, 0.25) is 0 Å². The van der Waals surface area contributed by atoms with Crippen molar-refractivity contribution in [2.24, 2.45) is 0 Å². The van der Waals surface area contributed by atoms with Gasteiger partial charge in [-0.15, -0.1) is 0 Å². The lowest BCUT2D eigenvalue weighted by Crippen LogP contribution is -2.38. The molecule has 0 unspecified atom stereocenters. The number of aromatic nitrogens is 3. The normalized spacial score (nSPS) is 15.9. The van der Waals surface area contributed by atoms with E-state index in [2.05, 4.69) is 45.0 Å². The van der Waals surface area contributed by atoms with Gasteiger partial charge in [-0.05, 0) is 31.0 Å². The summed E-state index contributed by atoms with van der Waals surface area (Å²) >= 11 is 0. The SMILES string of the molecule is CCN1CCC(Oc2c(N)ncc3[nH]c4ncc(-c5ccccc5)cc4c23)CC1. The Kier molecular flexibility index (Phi) is 4.56. The molecule has 5 rings (SSSR count). The summed E-state index contributed by atoms with van der Waals surface area (Å²) in [4.78, 5) is 14.8. The maximum absolute atomic E-state index is 6.44. The van der Waals surface area contributed by atoms with Crippen molar-refractivity contribution in [3.8, 4) is 16.9 Å². The fraction of sp³-hybridized carbons (Fsp3) is 0.304. The lowest BCUT2D eigenvalue weighted by atomic mass is 10.1. The first-order chi connectivity index (χ1) is 14.2. The van der Waals surface area contributed by atoms with Crippen molar-refractivity contribution in [1.29, 1.82) is 0 Å². The van der Waals surface area contributed by atoms with Gasteiger partial charge in [-0.25, -0.2) is 9.97 Å². The lowest BCUT2D eigenvalue weighted by Gasteiger charge is -2.31. The zero-order valence-corrected chi connectivity index (χ0v) is 16.6. The van der Waals surface area contributed by atoms with E-state index in [4.69, 9.17) is 10.5 Å². The van der Waals surface area contributed by atoms with Crippen LogP contribution in [0, 0.1) is 0 Å². The summed E-state index contributed by atoms with van der Waals surface area (Å²) in [6, 6.07) is 12.4. The van der Waals surface area contributed by atoms with Crippen molar-refractivity contribution < 1.29 is 4.74 Å². The Morgan fingerprint density at radius 2 is 1.90 bits per heavy atom. The molecule has 0 atom stereocenters. The summed E-state index contributed by atoms with van der Waals surface area (Å²) in [7, 11) is 0. The molecule has 4 heterocycles. The van der Waals surface area contributed by atoms with E-state index in [1.807, 2.05) is 24.4 Å². The van der Waals surface area contributed by atoms with Gasteiger partial charge in [-0.1, -0.05) is 37.3 Å². The van der Waals surface area contributed by atoms with Crippen molar-refractivity contribution in [2.45, 2.75) is 25.9 Å². The van der Waals surface area contributed by atoms with E-state index >= 15 is 0 Å². The zero-order valence-electron chi connectivity index (χ0n) is 16.6. The number of piperidine rings is 1. The molecule has 1 aromatic carbocycles. The van der Waals surface area contributed by atoms with Crippen LogP contribution in [0.2, 0.25) is 0 Å². The smallest absolute Gasteiger partial charge is 0.171 e. The number of hydrogen-bond acceptors (Lipinski definition) is 5. The van der Waals surface area contributed by atoms with E-state index in [-0.39, 0.29) is 6.10 Å². The van der Waals surface area contributed by atoms with Crippen molar-refractivity contribution in [3.05, 3.63) is 48.8 Å². The van der Waals surface area contributed by atoms with Crippen molar-refractivity contribution in [2.75, 3.05) is 25.4 Å². The molecule has 0 aliphatic carbocycles. The van der Waals surface area contributed by atoms with Crippen molar-refractivity contribution in [3.63, 3.8) is 0 Å². The first-order valence-electron chi connectivity index (χ1n) is 10.2. The molecule has 1 aliphatic rings. The molecule has 0 amide bonds. The van der Waals surface area contributed by atoms with Crippen LogP contribution in [0.25, 0.3) is 33.1 Å². The number of rotatable bonds is 4. The molecular weight excluding hydrogens is 362 g/mol. The lowest BCUT2D eigenvalue weighted by molar-refractivity contribution is 0.105. The second-order valence-corrected chi connectivity index (χ2v) is 7.62. The molecule has 1 fully saturated rings. The van der Waals surface area contributed by atoms with Gasteiger partial charge in [0.25, 0.3) is 0 Å². The molecular formula is C23H25N5O. The van der Waals surface area contributed by atoms with Crippen LogP contribution in [0.1, 0.15) is 19.8 Å². The number of nitrogens with one attached hydrogen (secondary N) is 1. The summed E-state index contributed by atoms with van der Waals surface area (Å²) in [6.45, 7) is 5.39. The topological polar surface area (TPSA) is 80.1 Å². The summed E-state index contributed by atoms with van der Waals surface area (Å²) in [5.74, 6) is 1.11. The van der Waals surface area contributed by atoms with E-state index in [1.165, 1.54) is 0 Å². The molecule has 0 bridgehead atoms. The van der Waals surface area contributed by atoms with E-state index < -0.39 is 0 Å². The third-order valence-electron chi connectivity index (χ3n) is 5.85. The van der Waals surface area contributed by atoms with Crippen LogP contribution >= 0.6 is 0 Å². The minimum Gasteiger partial charge on any atom is -0.486 e. The Labute approximate surface area is 169 Å². The molecule has 1 aliphatic heterocycles. The molecule has 3 aromatic heterocycles. The minimum absolute atomic E-state index is 0.155. The quantitative estimate of drug-likeness (QED) is 0.548. The highest BCUT2D eigenvalue weighted by Gasteiger charge is 2.23. The molecule has 6 nitrogen and oxygen atoms in total. The van der Waals surface area contributed by atoms with Crippen LogP contribution in [-0.4, -0.2) is 45.6 Å². The summed E-state index contributed by atoms with van der Waals surface area (Å²) in [6.07, 6.45) is 5.81. The number of H-pyrrole nitrogens is 1. The average molecular weight is 387 g/mol. The highest BCUT2D eigenvalue weighted by atomic mass is 16.5. The summed E-state index contributed by atoms with van der Waals surface area (Å²) in [5, 5.41) is 1.98. The predicted octanol–water partition coefficient (Wildman–Crippen LogP) is 4.22. The van der Waals surface area contributed by atoms with Gasteiger partial charge in [-0.3, -0.25) is 0 Å². The number of aromatic amines is 1. The number of likely N-dealkylation sites (tertiary alicyclic amines) is 1. The molecule has 0 spiro atoms. The van der Waals surface area contributed by atoms with Crippen LogP contribution in [-0.2, 0) is 0 Å². The fourth-order valence-corrected chi connectivity index (χ4v) is 4.17. The summed E-state index contributed by atoms with van der Waals surface area (Å²) < 4.78 is 6.44. The molecule has 0 saturated carbocycles. The van der Waals surface area contributed by atoms with Gasteiger partial charge in [0.05, 0.1) is 17.1 Å². The van der Waals surface area contributed by atoms with E-state index in [0.29, 0.717) is 11.6 Å². The number of fused-ring (bicyclic) bond motifs is 3. The Morgan fingerprint density at radius 1 is 1.10 bits per heavy atom. The highest BCUT2D eigenvalue weighted by molar-refractivity contribution is 6.11. The first-order valence-corrected chi connectivity index (χ1v) is 10.2. The molecule has 29 heavy (non-hydrogen) atoms. The number of ether oxygens (including phenoxy) is 1. The maximum Gasteiger partial charge on any atom is 0.171 e. The third-order valence-corrected chi connectivity index (χ3v) is 5.85. The van der Waals surface area contributed by atoms with Crippen molar-refractivity contribution >= 4 is 27.8 Å². The molecule has 3 N–H and O–H groups in total. The van der Waals surface area contributed by atoms with Crippen LogP contribution in [0.4, 0.5) is 5.82 Å². The van der Waals surface area contributed by atoms with Gasteiger partial charge in [0.15, 0.2) is 11.6 Å². The van der Waals surface area contributed by atoms with E-state index in [0.717, 1.165) is 65.5 Å². The number of hydrogen-bond donors (Lipinski definition) is 2. The predicted molar refractivity (Wildman–Crippen MR) is 117 cm³/mol. The van der Waals surface area contributed by atoms with Crippen LogP contribution in [0.3, 0.4) is 0 Å². The molecule has 0 radical (unpaired) electrons. The van der Waals surface area contributed by atoms with Gasteiger partial charge >= 0.3 is 0 Å². The number of nitrogens with zero attached hydrogens (tertiary/aromatic N) is 3. The molecule has 4 aromatic rings. The van der Waals surface area contributed by atoms with Crippen molar-refractivity contribution in [1.82, 2.24) is 19.9 Å². The Balaban J connectivity index is 1.58. The standard InChI is InChI=1S/C23H25N5O/c1-2-28-10-8-17(9-11-28)29-21-20-18-12-16(15-6-4-3-5-7-15)13-26-23(18)27-19(20)14-25-22(21)24/h3-7,12-14,17H,2,8-11H2,1H3,(H2,24,25)(H,26,27). The number of nitrogen functional groups attached to an aromatic ring is 1. The van der Waals surface area contributed by atoms with Gasteiger partial charge in [0.1, 0.15) is 11.8 Å². The first kappa shape index (κ1) is 17.9. The second-order valence-electron chi connectivity index (χ2n) is 7.62. The zero-order chi connectivity index (χ0) is 19.8. The number of pyridine rings is 2. The number of anilines is 1. The molecule has 6 heteroatoms. The summed E-state index contributed by atoms with van der Waals surface area (Å²) in [5.41, 5.74) is 10.2. The second kappa shape index (κ2) is 7.37. The van der Waals surface area contributed by atoms with Gasteiger partial charge in [-0.2, -0.15) is 0 Å². The maximum atomic E-state index is 6.44. The largest absolute Gasteiger partial charge is 0.486 e. The Bertz CT molecular complexity index is 1150. The Morgan fingerprint density at radius 3 is 2.66 bits per heavy atom. The van der Waals surface area contributed by atoms with E-state index in [1.54, 1.807) is 6.20 Å². The minimum atomic E-state index is 0.155. The van der Waals surface area contributed by atoms with E-state index in [9.17, 15) is 0 Å². The Hall–Kier alpha value is -3.12. The molecule has 148 valence electrons. The monoisotopic (exact) mass is 387 g/mol. The van der Waals surface area contributed by atoms with Crippen LogP contribution in [0.15, 0.2) is 48.8 Å². The average Bonchev–Trinajstić information content (AvgIpc) is 3.15. The van der Waals surface area contributed by atoms with Gasteiger partial charge in [0, 0.05) is 30.2 Å². The number of nitrogens with two attached hydrogens (primary N) is 1. The fourth-order valence-electron chi connectivity index (χ4n) is 4.17. The highest BCUT2D eigenvalue weighted by Crippen LogP contribution is 2.38.